The summed E-state index contributed by atoms with van der Waals surface area (Å²) in [4.78, 5) is 20.6. The molecule has 2 N–H and O–H groups in total. The van der Waals surface area contributed by atoms with Gasteiger partial charge in [-0.05, 0) is 54.0 Å². The van der Waals surface area contributed by atoms with E-state index in [9.17, 15) is 4.79 Å². The van der Waals surface area contributed by atoms with Crippen LogP contribution in [0.15, 0.2) is 73.6 Å². The summed E-state index contributed by atoms with van der Waals surface area (Å²) in [6.07, 6.45) is 4.86. The highest BCUT2D eigenvalue weighted by Gasteiger charge is 2.10. The van der Waals surface area contributed by atoms with Gasteiger partial charge in [-0.1, -0.05) is 32.6 Å². The molecule has 0 aliphatic heterocycles. The van der Waals surface area contributed by atoms with E-state index in [1.165, 1.54) is 11.6 Å². The van der Waals surface area contributed by atoms with Crippen LogP contribution in [0.3, 0.4) is 0 Å². The fraction of sp³-hybridized carbons (Fsp3) is 0.136. The van der Waals surface area contributed by atoms with Crippen LogP contribution in [0.25, 0.3) is 11.3 Å². The van der Waals surface area contributed by atoms with E-state index in [0.717, 1.165) is 22.8 Å². The Morgan fingerprint density at radius 1 is 1.11 bits per heavy atom. The van der Waals surface area contributed by atoms with Crippen molar-refractivity contribution in [2.45, 2.75) is 19.8 Å². The minimum absolute atomic E-state index is 0.256. The molecular weight excluding hydrogens is 336 g/mol. The van der Waals surface area contributed by atoms with E-state index < -0.39 is 0 Å². The van der Waals surface area contributed by atoms with E-state index in [1.54, 1.807) is 6.20 Å². The van der Waals surface area contributed by atoms with Gasteiger partial charge in [0.15, 0.2) is 0 Å². The van der Waals surface area contributed by atoms with Crippen molar-refractivity contribution in [3.8, 4) is 11.3 Å². The minimum atomic E-state index is -0.256. The van der Waals surface area contributed by atoms with Gasteiger partial charge in [-0.3, -0.25) is 9.78 Å². The molecule has 2 heterocycles. The van der Waals surface area contributed by atoms with Crippen LogP contribution in [0.1, 0.15) is 25.3 Å². The molecule has 27 heavy (non-hydrogen) atoms. The van der Waals surface area contributed by atoms with Crippen molar-refractivity contribution in [1.82, 2.24) is 9.97 Å². The van der Waals surface area contributed by atoms with Crippen molar-refractivity contribution in [3.05, 3.63) is 79.1 Å². The van der Waals surface area contributed by atoms with Gasteiger partial charge in [0.05, 0.1) is 5.69 Å². The molecule has 0 atom stereocenters. The number of pyridine rings is 2. The highest BCUT2D eigenvalue weighted by molar-refractivity contribution is 5.99. The van der Waals surface area contributed by atoms with Crippen molar-refractivity contribution in [1.29, 1.82) is 0 Å². The molecule has 0 spiro atoms. The molecule has 0 fully saturated rings. The van der Waals surface area contributed by atoms with Crippen molar-refractivity contribution in [2.24, 2.45) is 0 Å². The van der Waals surface area contributed by atoms with Gasteiger partial charge >= 0.3 is 0 Å². The second-order valence-corrected chi connectivity index (χ2v) is 6.43. The Bertz CT molecular complexity index is 934. The monoisotopic (exact) mass is 358 g/mol. The predicted molar refractivity (Wildman–Crippen MR) is 110 cm³/mol. The number of nitrogens with zero attached hydrogens (tertiary/aromatic N) is 2. The number of amides is 1. The third kappa shape index (κ3) is 4.58. The highest BCUT2D eigenvalue weighted by atomic mass is 16.1. The first kappa shape index (κ1) is 18.3. The summed E-state index contributed by atoms with van der Waals surface area (Å²) in [5, 5.41) is 6.13. The van der Waals surface area contributed by atoms with Gasteiger partial charge in [-0.15, -0.1) is 0 Å². The number of hydrogen-bond donors (Lipinski definition) is 2. The van der Waals surface area contributed by atoms with Gasteiger partial charge < -0.3 is 10.6 Å². The minimum Gasteiger partial charge on any atom is -0.340 e. The molecule has 5 heteroatoms. The zero-order valence-corrected chi connectivity index (χ0v) is 15.4. The smallest absolute Gasteiger partial charge is 0.247 e. The lowest BCUT2D eigenvalue weighted by molar-refractivity contribution is -0.111. The van der Waals surface area contributed by atoms with Gasteiger partial charge in [0.1, 0.15) is 5.82 Å². The molecule has 0 unspecified atom stereocenters. The topological polar surface area (TPSA) is 66.9 Å². The second-order valence-electron chi connectivity index (χ2n) is 6.43. The predicted octanol–water partition coefficient (Wildman–Crippen LogP) is 5.14. The Morgan fingerprint density at radius 2 is 1.96 bits per heavy atom. The molecule has 0 saturated heterocycles. The largest absolute Gasteiger partial charge is 0.340 e. The van der Waals surface area contributed by atoms with Gasteiger partial charge in [0.2, 0.25) is 5.91 Å². The molecular formula is C22H22N4O. The molecule has 3 aromatic rings. The zero-order chi connectivity index (χ0) is 19.2. The molecule has 5 nitrogen and oxygen atoms in total. The summed E-state index contributed by atoms with van der Waals surface area (Å²) >= 11 is 0. The number of nitrogens with one attached hydrogen (secondary N) is 2. The van der Waals surface area contributed by atoms with Crippen LogP contribution < -0.4 is 10.6 Å². The molecule has 136 valence electrons. The van der Waals surface area contributed by atoms with Gasteiger partial charge in [0, 0.05) is 29.3 Å². The second kappa shape index (κ2) is 8.27. The lowest BCUT2D eigenvalue weighted by Gasteiger charge is -2.14. The Balaban J connectivity index is 1.95. The number of carbonyl (C=O) groups excluding carboxylic acids is 1. The van der Waals surface area contributed by atoms with Crippen LogP contribution in [0.2, 0.25) is 0 Å². The summed E-state index contributed by atoms with van der Waals surface area (Å²) in [5.74, 6) is 0.927. The van der Waals surface area contributed by atoms with Crippen LogP contribution >= 0.6 is 0 Å². The fourth-order valence-corrected chi connectivity index (χ4v) is 2.62. The maximum Gasteiger partial charge on any atom is 0.247 e. The van der Waals surface area contributed by atoms with Crippen LogP contribution in [0.5, 0.6) is 0 Å². The maximum atomic E-state index is 11.6. The lowest BCUT2D eigenvalue weighted by Crippen LogP contribution is -2.07. The Labute approximate surface area is 159 Å². The van der Waals surface area contributed by atoms with Crippen LogP contribution in [0, 0.1) is 0 Å². The number of aromatic nitrogens is 2. The number of rotatable bonds is 6. The third-order valence-electron chi connectivity index (χ3n) is 4.13. The summed E-state index contributed by atoms with van der Waals surface area (Å²) in [5.41, 5.74) is 4.39. The average molecular weight is 358 g/mol. The Kier molecular flexibility index (Phi) is 5.61. The zero-order valence-electron chi connectivity index (χ0n) is 15.4. The molecule has 3 rings (SSSR count). The molecule has 0 saturated carbocycles. The van der Waals surface area contributed by atoms with Crippen molar-refractivity contribution >= 4 is 23.1 Å². The van der Waals surface area contributed by atoms with Crippen LogP contribution in [-0.4, -0.2) is 15.9 Å². The van der Waals surface area contributed by atoms with Gasteiger partial charge in [0.25, 0.3) is 0 Å². The van der Waals surface area contributed by atoms with Gasteiger partial charge in [-0.25, -0.2) is 4.98 Å². The molecule has 1 amide bonds. The first-order valence-corrected chi connectivity index (χ1v) is 8.78. The Morgan fingerprint density at radius 3 is 2.59 bits per heavy atom. The average Bonchev–Trinajstić information content (AvgIpc) is 2.70. The molecule has 0 aliphatic rings. The van der Waals surface area contributed by atoms with E-state index in [4.69, 9.17) is 0 Å². The van der Waals surface area contributed by atoms with E-state index in [1.807, 2.05) is 48.7 Å². The molecule has 0 bridgehead atoms. The number of carbonyl (C=O) groups is 1. The number of hydrogen-bond acceptors (Lipinski definition) is 4. The summed E-state index contributed by atoms with van der Waals surface area (Å²) in [6, 6.07) is 15.4. The summed E-state index contributed by atoms with van der Waals surface area (Å²) in [6.45, 7) is 7.76. The van der Waals surface area contributed by atoms with Crippen LogP contribution in [-0.2, 0) is 4.79 Å². The molecule has 0 radical (unpaired) electrons. The van der Waals surface area contributed by atoms with E-state index in [-0.39, 0.29) is 5.91 Å². The summed E-state index contributed by atoms with van der Waals surface area (Å²) in [7, 11) is 0. The van der Waals surface area contributed by atoms with E-state index >= 15 is 0 Å². The third-order valence-corrected chi connectivity index (χ3v) is 4.13. The molecule has 0 aliphatic carbocycles. The summed E-state index contributed by atoms with van der Waals surface area (Å²) < 4.78 is 0. The Hall–Kier alpha value is -3.47. The van der Waals surface area contributed by atoms with Crippen molar-refractivity contribution in [3.63, 3.8) is 0 Å². The van der Waals surface area contributed by atoms with Crippen molar-refractivity contribution < 1.29 is 4.79 Å². The van der Waals surface area contributed by atoms with E-state index in [0.29, 0.717) is 11.6 Å². The van der Waals surface area contributed by atoms with Crippen molar-refractivity contribution in [2.75, 3.05) is 10.6 Å². The lowest BCUT2D eigenvalue weighted by atomic mass is 10.1. The molecule has 1 aromatic carbocycles. The standard InChI is InChI=1S/C22H22N4O/c1-4-22(27)25-17-9-10-20(18(13-17)19-7-5-6-12-23-19)26-21-11-8-16(14-24-21)15(2)3/h4-15H,1H2,2-3H3,(H,24,26)(H,25,27). The molecule has 2 aromatic heterocycles. The highest BCUT2D eigenvalue weighted by Crippen LogP contribution is 2.31. The SMILES string of the molecule is C=CC(=O)Nc1ccc(Nc2ccc(C(C)C)cn2)c(-c2ccccn2)c1. The fourth-order valence-electron chi connectivity index (χ4n) is 2.62. The number of benzene rings is 1. The number of anilines is 3. The van der Waals surface area contributed by atoms with Crippen LogP contribution in [0.4, 0.5) is 17.2 Å². The normalized spacial score (nSPS) is 10.5. The van der Waals surface area contributed by atoms with Gasteiger partial charge in [-0.2, -0.15) is 0 Å². The maximum absolute atomic E-state index is 11.6. The van der Waals surface area contributed by atoms with E-state index in [2.05, 4.69) is 47.1 Å². The quantitative estimate of drug-likeness (QED) is 0.599. The first-order valence-electron chi connectivity index (χ1n) is 8.78. The first-order chi connectivity index (χ1) is 13.1.